The van der Waals surface area contributed by atoms with Gasteiger partial charge in [-0.05, 0) is 54.4 Å². The number of hydrogen-bond acceptors (Lipinski definition) is 4. The first kappa shape index (κ1) is 20.1. The topological polar surface area (TPSA) is 74.3 Å². The minimum Gasteiger partial charge on any atom is -0.212 e. The van der Waals surface area contributed by atoms with Gasteiger partial charge in [-0.2, -0.15) is 8.61 Å². The molecule has 0 amide bonds. The average Bonchev–Trinajstić information content (AvgIpc) is 3.26. The molecule has 2 rings (SSSR count). The van der Waals surface area contributed by atoms with Crippen molar-refractivity contribution in [2.45, 2.75) is 88.8 Å². The van der Waals surface area contributed by atoms with Crippen LogP contribution in [0.15, 0.2) is 0 Å². The molecule has 0 aromatic rings. The monoisotopic (exact) mass is 380 g/mol. The van der Waals surface area contributed by atoms with E-state index >= 15 is 0 Å². The summed E-state index contributed by atoms with van der Waals surface area (Å²) in [5, 5.41) is 0. The van der Waals surface area contributed by atoms with Crippen molar-refractivity contribution in [3.05, 3.63) is 0 Å². The SMILES string of the molecule is CC(C)(C)S(=O)(=O)N1CC1CCCCC1CN1S(=O)(=O)C(C)(C)C. The number of unbranched alkanes of at least 4 members (excludes halogenated alkanes) is 1. The van der Waals surface area contributed by atoms with Crippen molar-refractivity contribution < 1.29 is 16.8 Å². The lowest BCUT2D eigenvalue weighted by Gasteiger charge is -2.20. The first-order valence-corrected chi connectivity index (χ1v) is 11.6. The molecule has 0 aromatic heterocycles. The van der Waals surface area contributed by atoms with Gasteiger partial charge >= 0.3 is 0 Å². The van der Waals surface area contributed by atoms with Gasteiger partial charge in [-0.15, -0.1) is 0 Å². The molecule has 0 N–H and O–H groups in total. The molecule has 2 fully saturated rings. The Morgan fingerprint density at radius 1 is 0.708 bits per heavy atom. The fourth-order valence-corrected chi connectivity index (χ4v) is 5.98. The summed E-state index contributed by atoms with van der Waals surface area (Å²) in [6, 6.07) is 0.283. The average molecular weight is 381 g/mol. The van der Waals surface area contributed by atoms with Gasteiger partial charge in [-0.3, -0.25) is 0 Å². The maximum absolute atomic E-state index is 12.3. The van der Waals surface area contributed by atoms with Gasteiger partial charge in [0.1, 0.15) is 0 Å². The minimum absolute atomic E-state index is 0.142. The maximum Gasteiger partial charge on any atom is 0.219 e. The highest BCUT2D eigenvalue weighted by Crippen LogP contribution is 2.36. The Morgan fingerprint density at radius 2 is 1.00 bits per heavy atom. The van der Waals surface area contributed by atoms with Crippen LogP contribution in [0.3, 0.4) is 0 Å². The van der Waals surface area contributed by atoms with E-state index in [0.717, 1.165) is 25.7 Å². The lowest BCUT2D eigenvalue weighted by Crippen LogP contribution is -2.34. The molecule has 24 heavy (non-hydrogen) atoms. The number of rotatable bonds is 7. The lowest BCUT2D eigenvalue weighted by atomic mass is 10.1. The Labute approximate surface area is 147 Å². The summed E-state index contributed by atoms with van der Waals surface area (Å²) in [7, 11) is -6.38. The molecule has 4 unspecified atom stereocenters. The van der Waals surface area contributed by atoms with Gasteiger partial charge in [0.05, 0.1) is 9.49 Å². The Morgan fingerprint density at radius 3 is 1.25 bits per heavy atom. The minimum atomic E-state index is -3.19. The van der Waals surface area contributed by atoms with E-state index in [1.165, 1.54) is 0 Å². The van der Waals surface area contributed by atoms with Crippen LogP contribution in [0.25, 0.3) is 0 Å². The predicted molar refractivity (Wildman–Crippen MR) is 96.8 cm³/mol. The van der Waals surface area contributed by atoms with Crippen molar-refractivity contribution in [2.75, 3.05) is 13.1 Å². The Kier molecular flexibility index (Phi) is 5.21. The molecule has 0 spiro atoms. The normalized spacial score (nSPS) is 31.1. The fraction of sp³-hybridized carbons (Fsp3) is 1.00. The highest BCUT2D eigenvalue weighted by Gasteiger charge is 2.49. The van der Waals surface area contributed by atoms with Gasteiger partial charge in [0, 0.05) is 25.2 Å². The van der Waals surface area contributed by atoms with Gasteiger partial charge in [-0.25, -0.2) is 16.8 Å². The molecular weight excluding hydrogens is 348 g/mol. The van der Waals surface area contributed by atoms with Gasteiger partial charge in [-0.1, -0.05) is 12.8 Å². The molecule has 2 heterocycles. The van der Waals surface area contributed by atoms with Gasteiger partial charge in [0.2, 0.25) is 20.0 Å². The van der Waals surface area contributed by atoms with Crippen LogP contribution in [0.5, 0.6) is 0 Å². The zero-order chi connectivity index (χ0) is 18.6. The lowest BCUT2D eigenvalue weighted by molar-refractivity contribution is 0.497. The highest BCUT2D eigenvalue weighted by molar-refractivity contribution is 7.91. The molecule has 0 aromatic carbocycles. The zero-order valence-electron chi connectivity index (χ0n) is 15.7. The second-order valence-corrected chi connectivity index (χ2v) is 14.3. The standard InChI is InChI=1S/C16H32N2O4S2/c1-15(2,3)23(19,20)17-11-13(17)9-7-8-10-14-12-18(14)24(21,22)16(4,5)6/h13-14H,7-12H2,1-6H3. The van der Waals surface area contributed by atoms with Crippen LogP contribution in [-0.4, -0.2) is 60.1 Å². The molecule has 4 atom stereocenters. The molecule has 8 heteroatoms. The molecule has 2 aliphatic heterocycles. The van der Waals surface area contributed by atoms with Crippen molar-refractivity contribution in [1.29, 1.82) is 0 Å². The van der Waals surface area contributed by atoms with Crippen LogP contribution >= 0.6 is 0 Å². The highest BCUT2D eigenvalue weighted by atomic mass is 32.2. The summed E-state index contributed by atoms with van der Waals surface area (Å²) in [4.78, 5) is 0. The summed E-state index contributed by atoms with van der Waals surface area (Å²) in [5.74, 6) is 0. The van der Waals surface area contributed by atoms with E-state index in [1.54, 1.807) is 50.2 Å². The van der Waals surface area contributed by atoms with Crippen molar-refractivity contribution in [3.8, 4) is 0 Å². The Hall–Kier alpha value is -0.180. The van der Waals surface area contributed by atoms with Crippen LogP contribution in [0.4, 0.5) is 0 Å². The smallest absolute Gasteiger partial charge is 0.212 e. The van der Waals surface area contributed by atoms with Crippen molar-refractivity contribution in [2.24, 2.45) is 0 Å². The summed E-state index contributed by atoms with van der Waals surface area (Å²) in [6.45, 7) is 11.7. The summed E-state index contributed by atoms with van der Waals surface area (Å²) < 4.78 is 50.8. The van der Waals surface area contributed by atoms with Crippen LogP contribution < -0.4 is 0 Å². The van der Waals surface area contributed by atoms with Crippen molar-refractivity contribution in [1.82, 2.24) is 8.61 Å². The molecule has 0 aliphatic carbocycles. The Balaban J connectivity index is 1.69. The third kappa shape index (κ3) is 3.97. The molecule has 0 saturated carbocycles. The molecule has 142 valence electrons. The van der Waals surface area contributed by atoms with Gasteiger partial charge in [0.25, 0.3) is 0 Å². The summed E-state index contributed by atoms with van der Waals surface area (Å²) >= 11 is 0. The quantitative estimate of drug-likeness (QED) is 0.501. The van der Waals surface area contributed by atoms with E-state index in [2.05, 4.69) is 0 Å². The van der Waals surface area contributed by atoms with Gasteiger partial charge in [0.15, 0.2) is 0 Å². The van der Waals surface area contributed by atoms with Crippen LogP contribution in [0.2, 0.25) is 0 Å². The first-order valence-electron chi connectivity index (χ1n) is 8.72. The molecule has 2 saturated heterocycles. The van der Waals surface area contributed by atoms with Crippen molar-refractivity contribution in [3.63, 3.8) is 0 Å². The third-order valence-electron chi connectivity index (χ3n) is 4.82. The molecule has 0 bridgehead atoms. The molecule has 6 nitrogen and oxygen atoms in total. The second kappa shape index (κ2) is 6.21. The van der Waals surface area contributed by atoms with E-state index in [9.17, 15) is 16.8 Å². The van der Waals surface area contributed by atoms with Gasteiger partial charge < -0.3 is 0 Å². The molecule has 2 aliphatic rings. The molecular formula is C16H32N2O4S2. The van der Waals surface area contributed by atoms with E-state index in [-0.39, 0.29) is 12.1 Å². The first-order chi connectivity index (χ1) is 10.7. The predicted octanol–water partition coefficient (Wildman–Crippen LogP) is 2.17. The molecule has 0 radical (unpaired) electrons. The van der Waals surface area contributed by atoms with E-state index in [4.69, 9.17) is 0 Å². The summed E-state index contributed by atoms with van der Waals surface area (Å²) in [5.41, 5.74) is 0. The number of hydrogen-bond donors (Lipinski definition) is 0. The van der Waals surface area contributed by atoms with E-state index < -0.39 is 29.5 Å². The van der Waals surface area contributed by atoms with E-state index in [1.807, 2.05) is 0 Å². The van der Waals surface area contributed by atoms with Crippen molar-refractivity contribution >= 4 is 20.0 Å². The zero-order valence-corrected chi connectivity index (χ0v) is 17.4. The van der Waals surface area contributed by atoms with Crippen LogP contribution in [0, 0.1) is 0 Å². The maximum atomic E-state index is 12.3. The largest absolute Gasteiger partial charge is 0.219 e. The van der Waals surface area contributed by atoms with Crippen LogP contribution in [-0.2, 0) is 20.0 Å². The number of sulfonamides is 2. The van der Waals surface area contributed by atoms with Crippen LogP contribution in [0.1, 0.15) is 67.2 Å². The van der Waals surface area contributed by atoms with E-state index in [0.29, 0.717) is 13.1 Å². The third-order valence-corrected chi connectivity index (χ3v) is 10.0. The summed E-state index contributed by atoms with van der Waals surface area (Å²) in [6.07, 6.45) is 3.63. The fourth-order valence-electron chi connectivity index (χ4n) is 2.84. The Bertz CT molecular complexity index is 612. The number of nitrogens with zero attached hydrogens (tertiary/aromatic N) is 2. The second-order valence-electron chi connectivity index (χ2n) is 8.97.